The van der Waals surface area contributed by atoms with E-state index in [0.717, 1.165) is 0 Å². The molecule has 1 aromatic carbocycles. The van der Waals surface area contributed by atoms with E-state index in [1.165, 1.54) is 6.07 Å². The lowest BCUT2D eigenvalue weighted by molar-refractivity contribution is -0.128. The number of ether oxygens (including phenoxy) is 1. The van der Waals surface area contributed by atoms with Crippen molar-refractivity contribution in [2.45, 2.75) is 17.9 Å². The number of primary sulfonamides is 1. The number of anilines is 1. The third kappa shape index (κ3) is 3.54. The van der Waals surface area contributed by atoms with Crippen molar-refractivity contribution in [3.63, 3.8) is 0 Å². The Morgan fingerprint density at radius 1 is 1.50 bits per heavy atom. The van der Waals surface area contributed by atoms with Gasteiger partial charge in [-0.15, -0.1) is 0 Å². The molecule has 20 heavy (non-hydrogen) atoms. The number of aryl methyl sites for hydroxylation is 1. The van der Waals surface area contributed by atoms with Gasteiger partial charge >= 0.3 is 0 Å². The molecular weight excluding hydrogens is 282 g/mol. The van der Waals surface area contributed by atoms with Crippen LogP contribution in [0.2, 0.25) is 0 Å². The molecule has 0 bridgehead atoms. The number of amides is 1. The molecule has 0 saturated carbocycles. The maximum absolute atomic E-state index is 12.0. The SMILES string of the molecule is Cc1ccc(NC(=O)C2CNCCO2)cc1S(N)(=O)=O. The van der Waals surface area contributed by atoms with Crippen LogP contribution < -0.4 is 15.8 Å². The predicted molar refractivity (Wildman–Crippen MR) is 73.8 cm³/mol. The number of rotatable bonds is 3. The number of benzene rings is 1. The van der Waals surface area contributed by atoms with Crippen LogP contribution in [0, 0.1) is 6.92 Å². The number of morpholine rings is 1. The van der Waals surface area contributed by atoms with Crippen LogP contribution in [-0.2, 0) is 19.6 Å². The van der Waals surface area contributed by atoms with Gasteiger partial charge in [-0.05, 0) is 24.6 Å². The molecule has 1 atom stereocenters. The van der Waals surface area contributed by atoms with E-state index in [0.29, 0.717) is 30.9 Å². The molecule has 1 fully saturated rings. The third-order valence-corrected chi connectivity index (χ3v) is 4.04. The third-order valence-electron chi connectivity index (χ3n) is 2.98. The summed E-state index contributed by atoms with van der Waals surface area (Å²) in [6, 6.07) is 4.56. The molecule has 1 aromatic rings. The summed E-state index contributed by atoms with van der Waals surface area (Å²) in [7, 11) is -3.81. The van der Waals surface area contributed by atoms with Crippen molar-refractivity contribution in [3.8, 4) is 0 Å². The Kier molecular flexibility index (Phi) is 4.39. The molecule has 0 aliphatic carbocycles. The summed E-state index contributed by atoms with van der Waals surface area (Å²) in [5, 5.41) is 10.8. The smallest absolute Gasteiger partial charge is 0.254 e. The fourth-order valence-electron chi connectivity index (χ4n) is 1.94. The molecule has 1 aliphatic rings. The molecule has 110 valence electrons. The Balaban J connectivity index is 2.15. The summed E-state index contributed by atoms with van der Waals surface area (Å²) in [5.41, 5.74) is 0.903. The lowest BCUT2D eigenvalue weighted by atomic mass is 10.2. The molecule has 1 saturated heterocycles. The summed E-state index contributed by atoms with van der Waals surface area (Å²) in [5.74, 6) is -0.318. The van der Waals surface area contributed by atoms with E-state index < -0.39 is 16.1 Å². The zero-order valence-corrected chi connectivity index (χ0v) is 11.9. The van der Waals surface area contributed by atoms with Crippen molar-refractivity contribution >= 4 is 21.6 Å². The van der Waals surface area contributed by atoms with Crippen molar-refractivity contribution in [2.24, 2.45) is 5.14 Å². The molecule has 7 nitrogen and oxygen atoms in total. The summed E-state index contributed by atoms with van der Waals surface area (Å²) >= 11 is 0. The van der Waals surface area contributed by atoms with Crippen molar-refractivity contribution < 1.29 is 17.9 Å². The molecule has 2 rings (SSSR count). The van der Waals surface area contributed by atoms with Gasteiger partial charge in [-0.2, -0.15) is 0 Å². The first-order valence-electron chi connectivity index (χ1n) is 6.14. The molecule has 8 heteroatoms. The second-order valence-corrected chi connectivity index (χ2v) is 6.11. The van der Waals surface area contributed by atoms with E-state index in [1.807, 2.05) is 0 Å². The summed E-state index contributed by atoms with van der Waals surface area (Å²) in [6.07, 6.45) is -0.581. The number of hydrogen-bond donors (Lipinski definition) is 3. The number of sulfonamides is 1. The van der Waals surface area contributed by atoms with E-state index in [9.17, 15) is 13.2 Å². The van der Waals surface area contributed by atoms with Gasteiger partial charge in [0.2, 0.25) is 10.0 Å². The van der Waals surface area contributed by atoms with Gasteiger partial charge in [-0.25, -0.2) is 13.6 Å². The maximum atomic E-state index is 12.0. The number of carbonyl (C=O) groups is 1. The zero-order chi connectivity index (χ0) is 14.8. The van der Waals surface area contributed by atoms with Gasteiger partial charge in [0.15, 0.2) is 0 Å². The monoisotopic (exact) mass is 299 g/mol. The molecular formula is C12H17N3O4S. The minimum atomic E-state index is -3.81. The Bertz CT molecular complexity index is 609. The largest absolute Gasteiger partial charge is 0.366 e. The normalized spacial score (nSPS) is 19.6. The molecule has 0 aromatic heterocycles. The average molecular weight is 299 g/mol. The Morgan fingerprint density at radius 3 is 2.85 bits per heavy atom. The standard InChI is InChI=1S/C12H17N3O4S/c1-8-2-3-9(6-11(8)20(13,17)18)15-12(16)10-7-14-4-5-19-10/h2-3,6,10,14H,4-5,7H2,1H3,(H,15,16)(H2,13,17,18). The van der Waals surface area contributed by atoms with Gasteiger partial charge in [0.05, 0.1) is 11.5 Å². The first-order chi connectivity index (χ1) is 9.38. The second kappa shape index (κ2) is 5.88. The average Bonchev–Trinajstić information content (AvgIpc) is 2.40. The predicted octanol–water partition coefficient (Wildman–Crippen LogP) is -0.431. The van der Waals surface area contributed by atoms with E-state index >= 15 is 0 Å². The van der Waals surface area contributed by atoms with Gasteiger partial charge in [-0.1, -0.05) is 6.07 Å². The number of hydrogen-bond acceptors (Lipinski definition) is 5. The lowest BCUT2D eigenvalue weighted by Gasteiger charge is -2.22. The van der Waals surface area contributed by atoms with Gasteiger partial charge in [0, 0.05) is 18.8 Å². The maximum Gasteiger partial charge on any atom is 0.254 e. The Hall–Kier alpha value is -1.48. The summed E-state index contributed by atoms with van der Waals surface area (Å²) < 4.78 is 28.2. The fourth-order valence-corrected chi connectivity index (χ4v) is 2.75. The van der Waals surface area contributed by atoms with E-state index in [4.69, 9.17) is 9.88 Å². The quantitative estimate of drug-likeness (QED) is 0.701. The Labute approximate surface area is 117 Å². The van der Waals surface area contributed by atoms with E-state index in [2.05, 4.69) is 10.6 Å². The summed E-state index contributed by atoms with van der Waals surface area (Å²) in [6.45, 7) is 3.25. The van der Waals surface area contributed by atoms with Crippen molar-refractivity contribution in [1.29, 1.82) is 0 Å². The highest BCUT2D eigenvalue weighted by molar-refractivity contribution is 7.89. The first kappa shape index (κ1) is 14.9. The molecule has 1 unspecified atom stereocenters. The highest BCUT2D eigenvalue weighted by Gasteiger charge is 2.22. The van der Waals surface area contributed by atoms with E-state index in [1.54, 1.807) is 19.1 Å². The topological polar surface area (TPSA) is 111 Å². The van der Waals surface area contributed by atoms with Crippen molar-refractivity contribution in [1.82, 2.24) is 5.32 Å². The number of nitrogens with two attached hydrogens (primary N) is 1. The van der Waals surface area contributed by atoms with Gasteiger partial charge in [-0.3, -0.25) is 4.79 Å². The zero-order valence-electron chi connectivity index (χ0n) is 11.0. The molecule has 0 radical (unpaired) electrons. The Morgan fingerprint density at radius 2 is 2.25 bits per heavy atom. The molecule has 1 heterocycles. The van der Waals surface area contributed by atoms with Crippen molar-refractivity contribution in [3.05, 3.63) is 23.8 Å². The minimum absolute atomic E-state index is 0.00186. The minimum Gasteiger partial charge on any atom is -0.366 e. The van der Waals surface area contributed by atoms with E-state index in [-0.39, 0.29) is 10.8 Å². The van der Waals surface area contributed by atoms with Gasteiger partial charge in [0.25, 0.3) is 5.91 Å². The first-order valence-corrected chi connectivity index (χ1v) is 7.69. The fraction of sp³-hybridized carbons (Fsp3) is 0.417. The second-order valence-electron chi connectivity index (χ2n) is 4.58. The molecule has 0 spiro atoms. The summed E-state index contributed by atoms with van der Waals surface area (Å²) in [4.78, 5) is 12.0. The van der Waals surface area contributed by atoms with Crippen LogP contribution >= 0.6 is 0 Å². The van der Waals surface area contributed by atoms with Crippen LogP contribution in [0.15, 0.2) is 23.1 Å². The number of nitrogens with one attached hydrogen (secondary N) is 2. The van der Waals surface area contributed by atoms with Crippen LogP contribution in [0.5, 0.6) is 0 Å². The van der Waals surface area contributed by atoms with Gasteiger partial charge in [0.1, 0.15) is 6.10 Å². The lowest BCUT2D eigenvalue weighted by Crippen LogP contribution is -2.45. The highest BCUT2D eigenvalue weighted by atomic mass is 32.2. The van der Waals surface area contributed by atoms with Crippen LogP contribution in [0.25, 0.3) is 0 Å². The number of carbonyl (C=O) groups excluding carboxylic acids is 1. The van der Waals surface area contributed by atoms with Crippen LogP contribution in [0.3, 0.4) is 0 Å². The van der Waals surface area contributed by atoms with Crippen LogP contribution in [0.4, 0.5) is 5.69 Å². The van der Waals surface area contributed by atoms with Gasteiger partial charge < -0.3 is 15.4 Å². The van der Waals surface area contributed by atoms with Crippen LogP contribution in [-0.4, -0.2) is 40.1 Å². The highest BCUT2D eigenvalue weighted by Crippen LogP contribution is 2.19. The van der Waals surface area contributed by atoms with Crippen molar-refractivity contribution in [2.75, 3.05) is 25.0 Å². The molecule has 1 amide bonds. The molecule has 1 aliphatic heterocycles. The molecule has 4 N–H and O–H groups in total. The van der Waals surface area contributed by atoms with Crippen LogP contribution in [0.1, 0.15) is 5.56 Å².